The van der Waals surface area contributed by atoms with E-state index in [0.717, 1.165) is 17.1 Å². The number of H-pyrrole nitrogens is 1. The second-order valence-corrected chi connectivity index (χ2v) is 3.95. The molecule has 0 aliphatic rings. The van der Waals surface area contributed by atoms with Crippen LogP contribution in [0, 0.1) is 13.8 Å². The molecule has 0 radical (unpaired) electrons. The average molecular weight is 233 g/mol. The number of hydrogen-bond acceptors (Lipinski definition) is 4. The van der Waals surface area contributed by atoms with Crippen molar-refractivity contribution in [3.8, 4) is 11.5 Å². The predicted molar refractivity (Wildman–Crippen MR) is 65.2 cm³/mol. The summed E-state index contributed by atoms with van der Waals surface area (Å²) in [4.78, 5) is 0. The first-order valence-corrected chi connectivity index (χ1v) is 5.35. The SMILES string of the molecule is Cc1n[nH]c(C)c1NCc1cccc(O)c1O. The van der Waals surface area contributed by atoms with Gasteiger partial charge in [0.05, 0.1) is 17.1 Å². The molecule has 90 valence electrons. The van der Waals surface area contributed by atoms with Gasteiger partial charge in [0.2, 0.25) is 0 Å². The van der Waals surface area contributed by atoms with Crippen molar-refractivity contribution in [3.63, 3.8) is 0 Å². The van der Waals surface area contributed by atoms with Crippen LogP contribution in [0.3, 0.4) is 0 Å². The van der Waals surface area contributed by atoms with Crippen LogP contribution in [-0.2, 0) is 6.54 Å². The largest absolute Gasteiger partial charge is 0.504 e. The fourth-order valence-corrected chi connectivity index (χ4v) is 1.72. The highest BCUT2D eigenvalue weighted by molar-refractivity contribution is 5.53. The third kappa shape index (κ3) is 2.18. The summed E-state index contributed by atoms with van der Waals surface area (Å²) in [6.45, 7) is 4.25. The molecule has 0 aliphatic heterocycles. The van der Waals surface area contributed by atoms with E-state index in [9.17, 15) is 10.2 Å². The molecule has 17 heavy (non-hydrogen) atoms. The minimum atomic E-state index is -0.107. The third-order valence-electron chi connectivity index (χ3n) is 2.68. The Bertz CT molecular complexity index is 515. The van der Waals surface area contributed by atoms with E-state index in [1.807, 2.05) is 13.8 Å². The number of phenols is 2. The summed E-state index contributed by atoms with van der Waals surface area (Å²) < 4.78 is 0. The van der Waals surface area contributed by atoms with Crippen LogP contribution in [-0.4, -0.2) is 20.4 Å². The summed E-state index contributed by atoms with van der Waals surface area (Å²) in [6.07, 6.45) is 0. The number of aromatic nitrogens is 2. The molecule has 0 amide bonds. The van der Waals surface area contributed by atoms with Gasteiger partial charge in [-0.25, -0.2) is 0 Å². The van der Waals surface area contributed by atoms with Crippen molar-refractivity contribution in [2.24, 2.45) is 0 Å². The maximum atomic E-state index is 9.65. The Morgan fingerprint density at radius 3 is 2.71 bits per heavy atom. The highest BCUT2D eigenvalue weighted by atomic mass is 16.3. The first-order valence-electron chi connectivity index (χ1n) is 5.35. The van der Waals surface area contributed by atoms with Gasteiger partial charge in [-0.3, -0.25) is 5.10 Å². The van der Waals surface area contributed by atoms with Crippen LogP contribution in [0.25, 0.3) is 0 Å². The Morgan fingerprint density at radius 2 is 2.06 bits per heavy atom. The molecule has 0 saturated heterocycles. The zero-order valence-electron chi connectivity index (χ0n) is 9.78. The lowest BCUT2D eigenvalue weighted by molar-refractivity contribution is 0.400. The molecule has 5 nitrogen and oxygen atoms in total. The number of anilines is 1. The van der Waals surface area contributed by atoms with Gasteiger partial charge in [-0.1, -0.05) is 12.1 Å². The first kappa shape index (κ1) is 11.3. The van der Waals surface area contributed by atoms with Crippen molar-refractivity contribution in [3.05, 3.63) is 35.2 Å². The Morgan fingerprint density at radius 1 is 1.29 bits per heavy atom. The molecular formula is C12H15N3O2. The molecule has 2 aromatic rings. The first-order chi connectivity index (χ1) is 8.09. The zero-order chi connectivity index (χ0) is 12.4. The molecule has 4 N–H and O–H groups in total. The molecule has 2 rings (SSSR count). The molecule has 0 bridgehead atoms. The maximum absolute atomic E-state index is 9.65. The third-order valence-corrected chi connectivity index (χ3v) is 2.68. The minimum Gasteiger partial charge on any atom is -0.504 e. The number of phenolic OH excluding ortho intramolecular Hbond substituents is 2. The van der Waals surface area contributed by atoms with Gasteiger partial charge >= 0.3 is 0 Å². The lowest BCUT2D eigenvalue weighted by atomic mass is 10.2. The van der Waals surface area contributed by atoms with Crippen LogP contribution in [0.5, 0.6) is 11.5 Å². The number of rotatable bonds is 3. The van der Waals surface area contributed by atoms with Gasteiger partial charge in [0.15, 0.2) is 11.5 Å². The lowest BCUT2D eigenvalue weighted by Crippen LogP contribution is -2.01. The molecule has 1 heterocycles. The van der Waals surface area contributed by atoms with E-state index in [1.165, 1.54) is 6.07 Å². The molecule has 5 heteroatoms. The number of benzene rings is 1. The lowest BCUT2D eigenvalue weighted by Gasteiger charge is -2.09. The van der Waals surface area contributed by atoms with Crippen LogP contribution in [0.15, 0.2) is 18.2 Å². The normalized spacial score (nSPS) is 10.5. The molecule has 0 atom stereocenters. The molecule has 0 spiro atoms. The van der Waals surface area contributed by atoms with E-state index in [2.05, 4.69) is 15.5 Å². The van der Waals surface area contributed by atoms with Gasteiger partial charge in [0.1, 0.15) is 0 Å². The monoisotopic (exact) mass is 233 g/mol. The van der Waals surface area contributed by atoms with Crippen molar-refractivity contribution in [1.29, 1.82) is 0 Å². The van der Waals surface area contributed by atoms with E-state index in [1.54, 1.807) is 12.1 Å². The highest BCUT2D eigenvalue weighted by Gasteiger charge is 2.08. The molecule has 0 saturated carbocycles. The quantitative estimate of drug-likeness (QED) is 0.612. The molecule has 1 aromatic carbocycles. The maximum Gasteiger partial charge on any atom is 0.162 e. The fraction of sp³-hybridized carbons (Fsp3) is 0.250. The summed E-state index contributed by atoms with van der Waals surface area (Å²) in [5.74, 6) is -0.191. The smallest absolute Gasteiger partial charge is 0.162 e. The molecule has 0 fully saturated rings. The summed E-state index contributed by atoms with van der Waals surface area (Å²) in [7, 11) is 0. The van der Waals surface area contributed by atoms with Gasteiger partial charge in [0, 0.05) is 12.1 Å². The number of nitrogens with one attached hydrogen (secondary N) is 2. The average Bonchev–Trinajstić information content (AvgIpc) is 2.62. The van der Waals surface area contributed by atoms with Crippen molar-refractivity contribution < 1.29 is 10.2 Å². The molecular weight excluding hydrogens is 218 g/mol. The van der Waals surface area contributed by atoms with Crippen LogP contribution < -0.4 is 5.32 Å². The summed E-state index contributed by atoms with van der Waals surface area (Å²) >= 11 is 0. The molecule has 0 aliphatic carbocycles. The standard InChI is InChI=1S/C12H15N3O2/c1-7-11(8(2)15-14-7)13-6-9-4-3-5-10(16)12(9)17/h3-5,13,16-17H,6H2,1-2H3,(H,14,15). The van der Waals surface area contributed by atoms with Gasteiger partial charge in [0.25, 0.3) is 0 Å². The van der Waals surface area contributed by atoms with E-state index < -0.39 is 0 Å². The Kier molecular flexibility index (Phi) is 2.91. The number of aromatic hydroxyl groups is 2. The minimum absolute atomic E-state index is 0.0844. The number of para-hydroxylation sites is 1. The van der Waals surface area contributed by atoms with Crippen LogP contribution in [0.2, 0.25) is 0 Å². The Labute approximate surface area is 99.1 Å². The summed E-state index contributed by atoms with van der Waals surface area (Å²) in [6, 6.07) is 4.90. The Balaban J connectivity index is 2.15. The van der Waals surface area contributed by atoms with E-state index >= 15 is 0 Å². The van der Waals surface area contributed by atoms with Gasteiger partial charge in [-0.2, -0.15) is 5.10 Å². The van der Waals surface area contributed by atoms with Gasteiger partial charge in [-0.15, -0.1) is 0 Å². The molecule has 0 unspecified atom stereocenters. The van der Waals surface area contributed by atoms with E-state index in [0.29, 0.717) is 12.1 Å². The van der Waals surface area contributed by atoms with E-state index in [4.69, 9.17) is 0 Å². The highest BCUT2D eigenvalue weighted by Crippen LogP contribution is 2.29. The topological polar surface area (TPSA) is 81.2 Å². The van der Waals surface area contributed by atoms with Crippen LogP contribution >= 0.6 is 0 Å². The van der Waals surface area contributed by atoms with Gasteiger partial charge < -0.3 is 15.5 Å². The van der Waals surface area contributed by atoms with Crippen molar-refractivity contribution in [2.45, 2.75) is 20.4 Å². The molecule has 1 aromatic heterocycles. The predicted octanol–water partition coefficient (Wildman–Crippen LogP) is 2.05. The number of aryl methyl sites for hydroxylation is 2. The van der Waals surface area contributed by atoms with Crippen LogP contribution in [0.4, 0.5) is 5.69 Å². The second kappa shape index (κ2) is 4.37. The Hall–Kier alpha value is -2.17. The number of aromatic amines is 1. The fourth-order valence-electron chi connectivity index (χ4n) is 1.72. The number of hydrogen-bond donors (Lipinski definition) is 4. The van der Waals surface area contributed by atoms with Crippen LogP contribution in [0.1, 0.15) is 17.0 Å². The van der Waals surface area contributed by atoms with Crippen molar-refractivity contribution in [2.75, 3.05) is 5.32 Å². The van der Waals surface area contributed by atoms with Gasteiger partial charge in [-0.05, 0) is 19.9 Å². The second-order valence-electron chi connectivity index (χ2n) is 3.95. The zero-order valence-corrected chi connectivity index (χ0v) is 9.78. The summed E-state index contributed by atoms with van der Waals surface area (Å²) in [5, 5.41) is 29.1. The van der Waals surface area contributed by atoms with E-state index in [-0.39, 0.29) is 11.5 Å². The number of nitrogens with zero attached hydrogens (tertiary/aromatic N) is 1. The summed E-state index contributed by atoms with van der Waals surface area (Å²) in [5.41, 5.74) is 3.39. The van der Waals surface area contributed by atoms with Crippen molar-refractivity contribution in [1.82, 2.24) is 10.2 Å². The van der Waals surface area contributed by atoms with Crippen molar-refractivity contribution >= 4 is 5.69 Å².